The zero-order chi connectivity index (χ0) is 26.9. The zero-order valence-corrected chi connectivity index (χ0v) is 24.5. The summed E-state index contributed by atoms with van der Waals surface area (Å²) in [6, 6.07) is 22.2. The summed E-state index contributed by atoms with van der Waals surface area (Å²) in [6.45, 7) is -0.163. The van der Waals surface area contributed by atoms with Gasteiger partial charge in [0.2, 0.25) is 5.91 Å². The van der Waals surface area contributed by atoms with E-state index in [1.165, 1.54) is 29.3 Å². The van der Waals surface area contributed by atoms with Crippen molar-refractivity contribution in [3.63, 3.8) is 0 Å². The Balaban J connectivity index is 0.00000420. The van der Waals surface area contributed by atoms with E-state index in [1.807, 2.05) is 42.5 Å². The molecule has 1 saturated heterocycles. The number of piperidine rings is 1. The number of rotatable bonds is 10. The number of ether oxygens (including phenoxy) is 2. The predicted octanol–water partition coefficient (Wildman–Crippen LogP) is 4.62. The Morgan fingerprint density at radius 3 is 2.38 bits per heavy atom. The van der Waals surface area contributed by atoms with E-state index < -0.39 is 24.7 Å². The van der Waals surface area contributed by atoms with Gasteiger partial charge in [0.1, 0.15) is 19.0 Å². The van der Waals surface area contributed by atoms with Gasteiger partial charge in [0.15, 0.2) is 6.23 Å². The SMILES string of the molecule is O=C(COCC(=O)N1CCCCC1Oc1ccc(Cc2ccccc2)cc1)Nc1ccc(Cl)cc1C(=O)O.[Na]. The fourth-order valence-electron chi connectivity index (χ4n) is 4.29. The first-order chi connectivity index (χ1) is 18.4. The van der Waals surface area contributed by atoms with Crippen molar-refractivity contribution in [2.45, 2.75) is 31.9 Å². The molecule has 39 heavy (non-hydrogen) atoms. The van der Waals surface area contributed by atoms with Crippen LogP contribution in [0.25, 0.3) is 0 Å². The van der Waals surface area contributed by atoms with Gasteiger partial charge < -0.3 is 24.8 Å². The molecule has 1 aliphatic rings. The summed E-state index contributed by atoms with van der Waals surface area (Å²) in [5.74, 6) is -1.39. The Morgan fingerprint density at radius 1 is 0.949 bits per heavy atom. The van der Waals surface area contributed by atoms with E-state index in [1.54, 1.807) is 4.90 Å². The summed E-state index contributed by atoms with van der Waals surface area (Å²) in [6.07, 6.45) is 2.91. The van der Waals surface area contributed by atoms with Gasteiger partial charge in [-0.25, -0.2) is 4.79 Å². The van der Waals surface area contributed by atoms with Gasteiger partial charge >= 0.3 is 5.97 Å². The number of likely N-dealkylation sites (tertiary alicyclic amines) is 1. The Kier molecular flexibility index (Phi) is 11.8. The molecule has 1 unspecified atom stereocenters. The molecule has 1 fully saturated rings. The first-order valence-corrected chi connectivity index (χ1v) is 12.8. The Labute approximate surface area is 254 Å². The van der Waals surface area contributed by atoms with Gasteiger partial charge in [-0.3, -0.25) is 9.59 Å². The van der Waals surface area contributed by atoms with Gasteiger partial charge in [0.05, 0.1) is 11.3 Å². The van der Waals surface area contributed by atoms with Gasteiger partial charge in [0, 0.05) is 47.5 Å². The van der Waals surface area contributed by atoms with E-state index in [9.17, 15) is 19.5 Å². The van der Waals surface area contributed by atoms with Crippen LogP contribution in [0.2, 0.25) is 5.02 Å². The average molecular weight is 560 g/mol. The van der Waals surface area contributed by atoms with Gasteiger partial charge in [-0.2, -0.15) is 0 Å². The van der Waals surface area contributed by atoms with Crippen LogP contribution in [0.5, 0.6) is 5.75 Å². The number of amides is 2. The molecular weight excluding hydrogens is 531 g/mol. The van der Waals surface area contributed by atoms with Crippen LogP contribution < -0.4 is 10.1 Å². The molecule has 1 radical (unpaired) electrons. The number of nitrogens with zero attached hydrogens (tertiary/aromatic N) is 1. The fraction of sp³-hybridized carbons (Fsp3) is 0.276. The molecule has 8 nitrogen and oxygen atoms in total. The van der Waals surface area contributed by atoms with Crippen molar-refractivity contribution in [1.82, 2.24) is 4.90 Å². The van der Waals surface area contributed by atoms with Gasteiger partial charge in [0.25, 0.3) is 5.91 Å². The normalized spacial score (nSPS) is 14.7. The van der Waals surface area contributed by atoms with Gasteiger partial charge in [-0.15, -0.1) is 0 Å². The maximum absolute atomic E-state index is 12.9. The number of anilines is 1. The van der Waals surface area contributed by atoms with Crippen LogP contribution >= 0.6 is 11.6 Å². The molecular formula is C29H29ClN2NaO6. The summed E-state index contributed by atoms with van der Waals surface area (Å²) in [5.41, 5.74) is 2.36. The minimum atomic E-state index is -1.22. The summed E-state index contributed by atoms with van der Waals surface area (Å²) in [4.78, 5) is 38.2. The van der Waals surface area contributed by atoms with Crippen molar-refractivity contribution in [2.75, 3.05) is 25.1 Å². The molecule has 3 aromatic rings. The largest absolute Gasteiger partial charge is 0.478 e. The molecule has 4 rings (SSSR count). The molecule has 0 saturated carbocycles. The van der Waals surface area contributed by atoms with E-state index >= 15 is 0 Å². The van der Waals surface area contributed by atoms with Crippen molar-refractivity contribution in [1.29, 1.82) is 0 Å². The molecule has 2 N–H and O–H groups in total. The van der Waals surface area contributed by atoms with Crippen LogP contribution in [-0.4, -0.2) is 83.3 Å². The smallest absolute Gasteiger partial charge is 0.337 e. The molecule has 0 bridgehead atoms. The fourth-order valence-corrected chi connectivity index (χ4v) is 4.46. The quantitative estimate of drug-likeness (QED) is 0.351. The zero-order valence-electron chi connectivity index (χ0n) is 21.8. The first-order valence-electron chi connectivity index (χ1n) is 12.4. The molecule has 0 aliphatic carbocycles. The van der Waals surface area contributed by atoms with Crippen molar-refractivity contribution in [3.8, 4) is 5.75 Å². The van der Waals surface area contributed by atoms with Crippen LogP contribution in [0.4, 0.5) is 5.69 Å². The van der Waals surface area contributed by atoms with Crippen LogP contribution in [0.1, 0.15) is 40.7 Å². The molecule has 199 valence electrons. The molecule has 2 amide bonds. The van der Waals surface area contributed by atoms with Crippen LogP contribution in [0.3, 0.4) is 0 Å². The Hall–Kier alpha value is -2.88. The van der Waals surface area contributed by atoms with Crippen molar-refractivity contribution >= 4 is 64.6 Å². The molecule has 0 aromatic heterocycles. The van der Waals surface area contributed by atoms with E-state index in [0.717, 1.165) is 19.3 Å². The van der Waals surface area contributed by atoms with Crippen molar-refractivity contribution in [3.05, 3.63) is 94.5 Å². The second kappa shape index (κ2) is 15.1. The maximum Gasteiger partial charge on any atom is 0.337 e. The molecule has 3 aromatic carbocycles. The second-order valence-electron chi connectivity index (χ2n) is 9.00. The number of aromatic carboxylic acids is 1. The molecule has 1 atom stereocenters. The molecule has 10 heteroatoms. The summed E-state index contributed by atoms with van der Waals surface area (Å²) in [5, 5.41) is 12.0. The maximum atomic E-state index is 12.9. The summed E-state index contributed by atoms with van der Waals surface area (Å²) >= 11 is 5.84. The van der Waals surface area contributed by atoms with Crippen LogP contribution in [0, 0.1) is 0 Å². The number of carboxylic acids is 1. The third-order valence-electron chi connectivity index (χ3n) is 6.16. The van der Waals surface area contributed by atoms with E-state index in [-0.39, 0.29) is 58.3 Å². The Bertz CT molecular complexity index is 1270. The average Bonchev–Trinajstić information content (AvgIpc) is 2.91. The minimum absolute atomic E-state index is 0. The number of hydrogen-bond donors (Lipinski definition) is 2. The Morgan fingerprint density at radius 2 is 1.67 bits per heavy atom. The first kappa shape index (κ1) is 30.7. The van der Waals surface area contributed by atoms with Gasteiger partial charge in [-0.05, 0) is 60.7 Å². The summed E-state index contributed by atoms with van der Waals surface area (Å²) in [7, 11) is 0. The third kappa shape index (κ3) is 9.08. The number of carbonyl (C=O) groups excluding carboxylic acids is 2. The van der Waals surface area contributed by atoms with Crippen LogP contribution in [-0.2, 0) is 20.7 Å². The number of hydrogen-bond acceptors (Lipinski definition) is 5. The standard InChI is InChI=1S/C29H29ClN2O6.Na/c30-22-11-14-25(24(17-22)29(35)36)31-26(33)18-37-19-27(34)32-15-5-4-8-28(32)38-23-12-9-21(10-13-23)16-20-6-2-1-3-7-20;/h1-3,6-7,9-14,17,28H,4-5,8,15-16,18-19H2,(H,31,33)(H,35,36);. The third-order valence-corrected chi connectivity index (χ3v) is 6.39. The second-order valence-corrected chi connectivity index (χ2v) is 9.43. The predicted molar refractivity (Wildman–Crippen MR) is 149 cm³/mol. The molecule has 1 heterocycles. The van der Waals surface area contributed by atoms with Gasteiger partial charge in [-0.1, -0.05) is 54.1 Å². The van der Waals surface area contributed by atoms with Crippen LogP contribution in [0.15, 0.2) is 72.8 Å². The van der Waals surface area contributed by atoms with E-state index in [2.05, 4.69) is 17.4 Å². The molecule has 1 aliphatic heterocycles. The monoisotopic (exact) mass is 559 g/mol. The minimum Gasteiger partial charge on any atom is -0.478 e. The van der Waals surface area contributed by atoms with E-state index in [0.29, 0.717) is 18.7 Å². The van der Waals surface area contributed by atoms with E-state index in [4.69, 9.17) is 21.1 Å². The number of carbonyl (C=O) groups is 3. The number of benzene rings is 3. The molecule has 0 spiro atoms. The van der Waals surface area contributed by atoms with Crippen molar-refractivity contribution < 1.29 is 29.0 Å². The van der Waals surface area contributed by atoms with Crippen molar-refractivity contribution in [2.24, 2.45) is 0 Å². The topological polar surface area (TPSA) is 105 Å². The summed E-state index contributed by atoms with van der Waals surface area (Å²) < 4.78 is 11.5. The number of carboxylic acid groups (broad SMARTS) is 1. The number of nitrogens with one attached hydrogen (secondary N) is 1. The number of halogens is 1.